The number of hydrogen-bond donors (Lipinski definition) is 2. The quantitative estimate of drug-likeness (QED) is 0.780. The van der Waals surface area contributed by atoms with Crippen LogP contribution >= 0.6 is 0 Å². The third-order valence-electron chi connectivity index (χ3n) is 3.92. The number of rotatable bonds is 3. The van der Waals surface area contributed by atoms with Gasteiger partial charge in [-0.1, -0.05) is 26.2 Å². The topological polar surface area (TPSA) is 75.6 Å². The summed E-state index contributed by atoms with van der Waals surface area (Å²) >= 11 is 0. The monoisotopic (exact) mass is 285 g/mol. The van der Waals surface area contributed by atoms with Crippen molar-refractivity contribution in [2.45, 2.75) is 77.4 Å². The van der Waals surface area contributed by atoms with E-state index in [1.54, 1.807) is 20.8 Å². The van der Waals surface area contributed by atoms with Crippen LogP contribution in [0.1, 0.15) is 66.2 Å². The van der Waals surface area contributed by atoms with Gasteiger partial charge in [-0.15, -0.1) is 0 Å². The lowest BCUT2D eigenvalue weighted by molar-refractivity contribution is -0.145. The summed E-state index contributed by atoms with van der Waals surface area (Å²) in [4.78, 5) is 23.6. The van der Waals surface area contributed by atoms with Gasteiger partial charge in [0.2, 0.25) is 0 Å². The van der Waals surface area contributed by atoms with Crippen molar-refractivity contribution in [3.05, 3.63) is 0 Å². The van der Waals surface area contributed by atoms with Gasteiger partial charge in [-0.25, -0.2) is 9.59 Å². The Kier molecular flexibility index (Phi) is 5.42. The molecule has 5 heteroatoms. The zero-order valence-electron chi connectivity index (χ0n) is 13.0. The molecule has 1 rings (SSSR count). The Labute approximate surface area is 121 Å². The lowest BCUT2D eigenvalue weighted by Gasteiger charge is -2.30. The molecule has 0 saturated heterocycles. The van der Waals surface area contributed by atoms with Crippen LogP contribution in [0.15, 0.2) is 0 Å². The van der Waals surface area contributed by atoms with Crippen LogP contribution in [0.4, 0.5) is 4.79 Å². The standard InChI is InChI=1S/C15H27NO4/c1-5-11-7-6-9-15(10-8-11,12(17)18)16-13(19)20-14(2,3)4/h11H,5-10H2,1-4H3,(H,16,19)(H,17,18). The molecule has 116 valence electrons. The maximum Gasteiger partial charge on any atom is 0.408 e. The molecule has 0 aliphatic heterocycles. The second-order valence-corrected chi connectivity index (χ2v) is 6.72. The smallest absolute Gasteiger partial charge is 0.408 e. The highest BCUT2D eigenvalue weighted by molar-refractivity contribution is 5.84. The van der Waals surface area contributed by atoms with Crippen molar-refractivity contribution < 1.29 is 19.4 Å². The summed E-state index contributed by atoms with van der Waals surface area (Å²) in [6.45, 7) is 7.42. The summed E-state index contributed by atoms with van der Waals surface area (Å²) in [5, 5.41) is 12.2. The number of carbonyl (C=O) groups excluding carboxylic acids is 1. The van der Waals surface area contributed by atoms with E-state index < -0.39 is 23.2 Å². The van der Waals surface area contributed by atoms with Gasteiger partial charge < -0.3 is 15.2 Å². The maximum absolute atomic E-state index is 11.9. The molecule has 1 amide bonds. The molecule has 0 radical (unpaired) electrons. The van der Waals surface area contributed by atoms with E-state index in [-0.39, 0.29) is 0 Å². The van der Waals surface area contributed by atoms with Crippen LogP contribution in [0.2, 0.25) is 0 Å². The summed E-state index contributed by atoms with van der Waals surface area (Å²) in [6, 6.07) is 0. The number of amides is 1. The average molecular weight is 285 g/mol. The molecule has 1 fully saturated rings. The molecule has 1 aliphatic carbocycles. The summed E-state index contributed by atoms with van der Waals surface area (Å²) in [6.07, 6.45) is 4.04. The Morgan fingerprint density at radius 2 is 1.95 bits per heavy atom. The third kappa shape index (κ3) is 4.69. The highest BCUT2D eigenvalue weighted by Crippen LogP contribution is 2.32. The van der Waals surface area contributed by atoms with Crippen molar-refractivity contribution in [1.29, 1.82) is 0 Å². The van der Waals surface area contributed by atoms with Gasteiger partial charge in [-0.05, 0) is 46.0 Å². The van der Waals surface area contributed by atoms with Crippen molar-refractivity contribution >= 4 is 12.1 Å². The van der Waals surface area contributed by atoms with Gasteiger partial charge in [-0.2, -0.15) is 0 Å². The van der Waals surface area contributed by atoms with E-state index in [0.717, 1.165) is 25.7 Å². The molecule has 1 saturated carbocycles. The Morgan fingerprint density at radius 1 is 1.30 bits per heavy atom. The number of nitrogens with one attached hydrogen (secondary N) is 1. The molecule has 2 unspecified atom stereocenters. The first-order valence-corrected chi connectivity index (χ1v) is 7.43. The van der Waals surface area contributed by atoms with Crippen molar-refractivity contribution in [3.8, 4) is 0 Å². The number of aliphatic carboxylic acids is 1. The van der Waals surface area contributed by atoms with Crippen LogP contribution in [0.3, 0.4) is 0 Å². The Balaban J connectivity index is 2.77. The van der Waals surface area contributed by atoms with Gasteiger partial charge in [0, 0.05) is 0 Å². The van der Waals surface area contributed by atoms with Gasteiger partial charge in [-0.3, -0.25) is 0 Å². The van der Waals surface area contributed by atoms with Gasteiger partial charge in [0.05, 0.1) is 0 Å². The molecule has 5 nitrogen and oxygen atoms in total. The van der Waals surface area contributed by atoms with E-state index in [1.165, 1.54) is 0 Å². The predicted octanol–water partition coefficient (Wildman–Crippen LogP) is 3.32. The second-order valence-electron chi connectivity index (χ2n) is 6.72. The molecule has 2 atom stereocenters. The molecule has 20 heavy (non-hydrogen) atoms. The van der Waals surface area contributed by atoms with Crippen molar-refractivity contribution in [1.82, 2.24) is 5.32 Å². The van der Waals surface area contributed by atoms with Crippen LogP contribution in [0.25, 0.3) is 0 Å². The molecule has 0 bridgehead atoms. The van der Waals surface area contributed by atoms with Crippen LogP contribution in [-0.4, -0.2) is 28.3 Å². The summed E-state index contributed by atoms with van der Waals surface area (Å²) in [7, 11) is 0. The van der Waals surface area contributed by atoms with E-state index in [9.17, 15) is 14.7 Å². The Morgan fingerprint density at radius 3 is 2.45 bits per heavy atom. The minimum atomic E-state index is -1.17. The average Bonchev–Trinajstić information content (AvgIpc) is 2.49. The van der Waals surface area contributed by atoms with Crippen LogP contribution in [-0.2, 0) is 9.53 Å². The van der Waals surface area contributed by atoms with E-state index in [0.29, 0.717) is 18.8 Å². The molecule has 0 heterocycles. The fraction of sp³-hybridized carbons (Fsp3) is 0.867. The van der Waals surface area contributed by atoms with Crippen molar-refractivity contribution in [2.75, 3.05) is 0 Å². The highest BCUT2D eigenvalue weighted by Gasteiger charge is 2.42. The molecule has 1 aliphatic rings. The summed E-state index contributed by atoms with van der Waals surface area (Å²) < 4.78 is 5.20. The van der Waals surface area contributed by atoms with E-state index >= 15 is 0 Å². The zero-order chi connectivity index (χ0) is 15.4. The molecule has 0 aromatic carbocycles. The number of carbonyl (C=O) groups is 2. The SMILES string of the molecule is CCC1CCCC(NC(=O)OC(C)(C)C)(C(=O)O)CC1. The Bertz CT molecular complexity index is 361. The molecule has 0 aromatic heterocycles. The van der Waals surface area contributed by atoms with Crippen molar-refractivity contribution in [3.63, 3.8) is 0 Å². The highest BCUT2D eigenvalue weighted by atomic mass is 16.6. The molecule has 0 aromatic rings. The lowest BCUT2D eigenvalue weighted by Crippen LogP contribution is -2.55. The van der Waals surface area contributed by atoms with Crippen LogP contribution in [0.5, 0.6) is 0 Å². The summed E-state index contributed by atoms with van der Waals surface area (Å²) in [5.74, 6) is -0.406. The van der Waals surface area contributed by atoms with Crippen LogP contribution in [0, 0.1) is 5.92 Å². The first-order valence-electron chi connectivity index (χ1n) is 7.43. The summed E-state index contributed by atoms with van der Waals surface area (Å²) in [5.41, 5.74) is -1.80. The molecule has 2 N–H and O–H groups in total. The Hall–Kier alpha value is -1.26. The number of carboxylic acid groups (broad SMARTS) is 1. The van der Waals surface area contributed by atoms with Gasteiger partial charge in [0.15, 0.2) is 0 Å². The number of ether oxygens (including phenoxy) is 1. The molecular formula is C15H27NO4. The molecule has 0 spiro atoms. The maximum atomic E-state index is 11.9. The third-order valence-corrected chi connectivity index (χ3v) is 3.92. The minimum Gasteiger partial charge on any atom is -0.480 e. The van der Waals surface area contributed by atoms with E-state index in [4.69, 9.17) is 4.74 Å². The van der Waals surface area contributed by atoms with Gasteiger partial charge in [0.1, 0.15) is 11.1 Å². The lowest BCUT2D eigenvalue weighted by atomic mass is 9.89. The fourth-order valence-electron chi connectivity index (χ4n) is 2.71. The van der Waals surface area contributed by atoms with Crippen molar-refractivity contribution in [2.24, 2.45) is 5.92 Å². The zero-order valence-corrected chi connectivity index (χ0v) is 13.0. The number of hydrogen-bond acceptors (Lipinski definition) is 3. The van der Waals surface area contributed by atoms with E-state index in [1.807, 2.05) is 0 Å². The van der Waals surface area contributed by atoms with Gasteiger partial charge >= 0.3 is 12.1 Å². The first kappa shape index (κ1) is 16.8. The number of alkyl carbamates (subject to hydrolysis) is 1. The second kappa shape index (κ2) is 6.46. The van der Waals surface area contributed by atoms with Crippen LogP contribution < -0.4 is 5.32 Å². The number of carboxylic acids is 1. The fourth-order valence-corrected chi connectivity index (χ4v) is 2.71. The minimum absolute atomic E-state index is 0.470. The normalized spacial score (nSPS) is 27.5. The predicted molar refractivity (Wildman–Crippen MR) is 76.6 cm³/mol. The first-order chi connectivity index (χ1) is 9.18. The molecular weight excluding hydrogens is 258 g/mol. The van der Waals surface area contributed by atoms with E-state index in [2.05, 4.69) is 12.2 Å². The van der Waals surface area contributed by atoms with Gasteiger partial charge in [0.25, 0.3) is 0 Å². The largest absolute Gasteiger partial charge is 0.480 e.